The Hall–Kier alpha value is -2.24. The van der Waals surface area contributed by atoms with Gasteiger partial charge in [0.05, 0.1) is 5.56 Å². The van der Waals surface area contributed by atoms with E-state index in [9.17, 15) is 23.1 Å². The molecule has 1 atom stereocenters. The van der Waals surface area contributed by atoms with Gasteiger partial charge in [-0.25, -0.2) is 4.79 Å². The van der Waals surface area contributed by atoms with E-state index in [1.54, 1.807) is 12.1 Å². The summed E-state index contributed by atoms with van der Waals surface area (Å²) in [5.74, 6) is -0.917. The molecule has 0 spiro atoms. The zero-order chi connectivity index (χ0) is 18.4. The Bertz CT molecular complexity index is 725. The molecule has 2 aromatic carbocycles. The van der Waals surface area contributed by atoms with E-state index in [1.807, 2.05) is 6.92 Å². The Balaban J connectivity index is 2.10. The highest BCUT2D eigenvalue weighted by Gasteiger charge is 2.42. The molecule has 0 heterocycles. The summed E-state index contributed by atoms with van der Waals surface area (Å²) in [6.07, 6.45) is -4.07. The third kappa shape index (κ3) is 5.37. The third-order valence-electron chi connectivity index (χ3n) is 3.99. The molecule has 0 unspecified atom stereocenters. The number of phenols is 1. The van der Waals surface area contributed by atoms with Crippen molar-refractivity contribution in [2.24, 2.45) is 0 Å². The topological polar surface area (TPSA) is 46.5 Å². The predicted molar refractivity (Wildman–Crippen MR) is 89.6 cm³/mol. The summed E-state index contributed by atoms with van der Waals surface area (Å²) in [5, 5.41) is 10.7. The van der Waals surface area contributed by atoms with Gasteiger partial charge in [0.15, 0.2) is 6.10 Å². The van der Waals surface area contributed by atoms with Crippen molar-refractivity contribution in [3.8, 4) is 5.75 Å². The van der Waals surface area contributed by atoms with Gasteiger partial charge in [0, 0.05) is 0 Å². The van der Waals surface area contributed by atoms with Gasteiger partial charge < -0.3 is 9.84 Å². The average Bonchev–Trinajstić information content (AvgIpc) is 2.56. The van der Waals surface area contributed by atoms with Crippen LogP contribution in [0.2, 0.25) is 0 Å². The molecule has 3 nitrogen and oxygen atoms in total. The number of benzene rings is 2. The van der Waals surface area contributed by atoms with E-state index in [1.165, 1.54) is 24.3 Å². The van der Waals surface area contributed by atoms with Crippen LogP contribution in [-0.4, -0.2) is 23.4 Å². The molecule has 0 aliphatic rings. The zero-order valence-electron chi connectivity index (χ0n) is 14.0. The van der Waals surface area contributed by atoms with Crippen LogP contribution in [0.25, 0.3) is 10.8 Å². The highest BCUT2D eigenvalue weighted by atomic mass is 19.4. The minimum Gasteiger partial charge on any atom is -0.508 e. The number of fused-ring (bicyclic) bond motifs is 1. The fourth-order valence-corrected chi connectivity index (χ4v) is 2.60. The summed E-state index contributed by atoms with van der Waals surface area (Å²) in [6.45, 7) is 1.97. The van der Waals surface area contributed by atoms with Gasteiger partial charge in [-0.3, -0.25) is 0 Å². The first-order valence-corrected chi connectivity index (χ1v) is 8.31. The van der Waals surface area contributed by atoms with Gasteiger partial charge in [0.2, 0.25) is 0 Å². The van der Waals surface area contributed by atoms with Gasteiger partial charge in [-0.05, 0) is 47.9 Å². The van der Waals surface area contributed by atoms with Crippen molar-refractivity contribution >= 4 is 16.7 Å². The second-order valence-corrected chi connectivity index (χ2v) is 6.03. The average molecular weight is 354 g/mol. The number of alkyl halides is 3. The lowest BCUT2D eigenvalue weighted by molar-refractivity contribution is -0.206. The normalized spacial score (nSPS) is 13.0. The van der Waals surface area contributed by atoms with Crippen molar-refractivity contribution in [3.63, 3.8) is 0 Å². The van der Waals surface area contributed by atoms with Crippen LogP contribution in [0.5, 0.6) is 5.75 Å². The van der Waals surface area contributed by atoms with Gasteiger partial charge in [-0.15, -0.1) is 0 Å². The summed E-state index contributed by atoms with van der Waals surface area (Å²) in [7, 11) is 0. The molecule has 2 aromatic rings. The monoisotopic (exact) mass is 354 g/mol. The smallest absolute Gasteiger partial charge is 0.425 e. The molecule has 0 amide bonds. The highest BCUT2D eigenvalue weighted by molar-refractivity contribution is 5.95. The second kappa shape index (κ2) is 8.23. The Morgan fingerprint density at radius 1 is 1.08 bits per heavy atom. The van der Waals surface area contributed by atoms with Crippen LogP contribution in [0.3, 0.4) is 0 Å². The molecule has 0 aliphatic heterocycles. The lowest BCUT2D eigenvalue weighted by atomic mass is 10.1. The Kier molecular flexibility index (Phi) is 6.28. The number of unbranched alkanes of at least 4 members (excludes halogenated alkanes) is 3. The molecule has 25 heavy (non-hydrogen) atoms. The van der Waals surface area contributed by atoms with E-state index < -0.39 is 18.2 Å². The van der Waals surface area contributed by atoms with Crippen LogP contribution in [0.4, 0.5) is 13.2 Å². The first-order chi connectivity index (χ1) is 11.8. The molecule has 6 heteroatoms. The first kappa shape index (κ1) is 19.1. The molecule has 0 fully saturated rings. The highest BCUT2D eigenvalue weighted by Crippen LogP contribution is 2.29. The van der Waals surface area contributed by atoms with Crippen LogP contribution in [0.15, 0.2) is 36.4 Å². The molecule has 1 N–H and O–H groups in total. The number of aromatic hydroxyl groups is 1. The number of esters is 1. The molecular formula is C19H21F3O3. The molecule has 0 aliphatic carbocycles. The van der Waals surface area contributed by atoms with Crippen molar-refractivity contribution in [2.75, 3.05) is 0 Å². The second-order valence-electron chi connectivity index (χ2n) is 6.03. The maximum absolute atomic E-state index is 13.1. The third-order valence-corrected chi connectivity index (χ3v) is 3.99. The van der Waals surface area contributed by atoms with Gasteiger partial charge in [-0.1, -0.05) is 38.3 Å². The molecule has 2 rings (SSSR count). The van der Waals surface area contributed by atoms with Gasteiger partial charge in [-0.2, -0.15) is 13.2 Å². The Morgan fingerprint density at radius 2 is 1.76 bits per heavy atom. The lowest BCUT2D eigenvalue weighted by Gasteiger charge is -2.20. The lowest BCUT2D eigenvalue weighted by Crippen LogP contribution is -2.33. The first-order valence-electron chi connectivity index (χ1n) is 8.31. The summed E-state index contributed by atoms with van der Waals surface area (Å²) in [6, 6.07) is 8.97. The van der Waals surface area contributed by atoms with Crippen LogP contribution in [0.1, 0.15) is 49.4 Å². The zero-order valence-corrected chi connectivity index (χ0v) is 14.0. The number of ether oxygens (including phenoxy) is 1. The van der Waals surface area contributed by atoms with E-state index in [-0.39, 0.29) is 17.7 Å². The SMILES string of the molecule is CCCCCC[C@H](OC(=O)c1ccc2cc(O)ccc2c1)C(F)(F)F. The van der Waals surface area contributed by atoms with Gasteiger partial charge in [0.25, 0.3) is 0 Å². The molecule has 0 aromatic heterocycles. The Morgan fingerprint density at radius 3 is 2.44 bits per heavy atom. The van der Waals surface area contributed by atoms with Crippen LogP contribution < -0.4 is 0 Å². The van der Waals surface area contributed by atoms with Crippen LogP contribution >= 0.6 is 0 Å². The van der Waals surface area contributed by atoms with Crippen molar-refractivity contribution in [1.82, 2.24) is 0 Å². The van der Waals surface area contributed by atoms with E-state index in [4.69, 9.17) is 4.74 Å². The van der Waals surface area contributed by atoms with Crippen LogP contribution in [-0.2, 0) is 4.74 Å². The fourth-order valence-electron chi connectivity index (χ4n) is 2.60. The van der Waals surface area contributed by atoms with Gasteiger partial charge in [0.1, 0.15) is 5.75 Å². The number of halogens is 3. The number of hydrogen-bond donors (Lipinski definition) is 1. The maximum atomic E-state index is 13.1. The van der Waals surface area contributed by atoms with Crippen molar-refractivity contribution in [3.05, 3.63) is 42.0 Å². The number of hydrogen-bond acceptors (Lipinski definition) is 3. The molecule has 0 saturated carbocycles. The van der Waals surface area contributed by atoms with E-state index in [2.05, 4.69) is 0 Å². The standard InChI is InChI=1S/C19H21F3O3/c1-2-3-4-5-6-17(19(20,21)22)25-18(24)15-8-7-14-12-16(23)10-9-13(14)11-15/h7-12,17,23H,2-6H2,1H3/t17-/m0/s1. The Labute approximate surface area is 144 Å². The number of carbonyl (C=O) groups is 1. The summed E-state index contributed by atoms with van der Waals surface area (Å²) >= 11 is 0. The minimum absolute atomic E-state index is 0.0565. The quantitative estimate of drug-likeness (QED) is 0.520. The van der Waals surface area contributed by atoms with Gasteiger partial charge >= 0.3 is 12.1 Å². The predicted octanol–water partition coefficient (Wildman–Crippen LogP) is 5.60. The maximum Gasteiger partial charge on any atom is 0.425 e. The number of carbonyl (C=O) groups excluding carboxylic acids is 1. The van der Waals surface area contributed by atoms with Crippen molar-refractivity contribution in [2.45, 2.75) is 51.3 Å². The minimum atomic E-state index is -4.58. The fraction of sp³-hybridized carbons (Fsp3) is 0.421. The van der Waals surface area contributed by atoms with E-state index in [0.717, 1.165) is 12.8 Å². The van der Waals surface area contributed by atoms with Crippen LogP contribution in [0, 0.1) is 0 Å². The summed E-state index contributed by atoms with van der Waals surface area (Å²) in [5.41, 5.74) is 0.0565. The van der Waals surface area contributed by atoms with Crippen molar-refractivity contribution < 1.29 is 27.8 Å². The molecule has 0 bridgehead atoms. The molecule has 136 valence electrons. The van der Waals surface area contributed by atoms with E-state index >= 15 is 0 Å². The largest absolute Gasteiger partial charge is 0.508 e. The number of rotatable bonds is 7. The molecule has 0 radical (unpaired) electrons. The summed E-state index contributed by atoms with van der Waals surface area (Å²) in [4.78, 5) is 12.1. The summed E-state index contributed by atoms with van der Waals surface area (Å²) < 4.78 is 44.0. The molecule has 0 saturated heterocycles. The van der Waals surface area contributed by atoms with Crippen molar-refractivity contribution in [1.29, 1.82) is 0 Å². The van der Waals surface area contributed by atoms with E-state index in [0.29, 0.717) is 23.6 Å². The number of phenolic OH excluding ortho intramolecular Hbond substituents is 1. The molecular weight excluding hydrogens is 333 g/mol.